The van der Waals surface area contributed by atoms with Crippen molar-refractivity contribution < 1.29 is 14.7 Å². The Balaban J connectivity index is 2.84. The molecule has 4 nitrogen and oxygen atoms in total. The van der Waals surface area contributed by atoms with E-state index >= 15 is 0 Å². The van der Waals surface area contributed by atoms with Crippen molar-refractivity contribution in [3.05, 3.63) is 11.8 Å². The SMILES string of the molecule is OCc1cc(O)no1. The van der Waals surface area contributed by atoms with Gasteiger partial charge in [-0.3, -0.25) is 0 Å². The van der Waals surface area contributed by atoms with Gasteiger partial charge in [0, 0.05) is 6.07 Å². The van der Waals surface area contributed by atoms with Crippen LogP contribution in [0, 0.1) is 0 Å². The number of aliphatic hydroxyl groups is 1. The summed E-state index contributed by atoms with van der Waals surface area (Å²) in [5.74, 6) is 0.0663. The summed E-state index contributed by atoms with van der Waals surface area (Å²) >= 11 is 0. The van der Waals surface area contributed by atoms with Gasteiger partial charge in [-0.15, -0.1) is 0 Å². The fourth-order valence-corrected chi connectivity index (χ4v) is 0.377. The lowest BCUT2D eigenvalue weighted by molar-refractivity contribution is 0.226. The first-order valence-electron chi connectivity index (χ1n) is 2.08. The monoisotopic (exact) mass is 115 g/mol. The summed E-state index contributed by atoms with van der Waals surface area (Å²) in [4.78, 5) is 0. The molecule has 0 atom stereocenters. The zero-order valence-electron chi connectivity index (χ0n) is 4.03. The number of rotatable bonds is 1. The molecule has 0 radical (unpaired) electrons. The second-order valence-corrected chi connectivity index (χ2v) is 1.31. The van der Waals surface area contributed by atoms with Crippen LogP contribution in [0.3, 0.4) is 0 Å². The minimum Gasteiger partial charge on any atom is -0.491 e. The van der Waals surface area contributed by atoms with Gasteiger partial charge in [0.1, 0.15) is 6.61 Å². The summed E-state index contributed by atoms with van der Waals surface area (Å²) in [5, 5.41) is 19.9. The van der Waals surface area contributed by atoms with Gasteiger partial charge < -0.3 is 14.7 Å². The molecular formula is C4H5NO3. The standard InChI is InChI=1S/C4H5NO3/c6-2-3-1-4(7)5-8-3/h1,6H,2H2,(H,5,7). The molecule has 0 aromatic carbocycles. The van der Waals surface area contributed by atoms with E-state index in [-0.39, 0.29) is 18.2 Å². The van der Waals surface area contributed by atoms with E-state index in [1.165, 1.54) is 6.07 Å². The van der Waals surface area contributed by atoms with E-state index in [9.17, 15) is 0 Å². The zero-order chi connectivity index (χ0) is 5.98. The molecule has 0 aliphatic rings. The summed E-state index contributed by atoms with van der Waals surface area (Å²) in [7, 11) is 0. The van der Waals surface area contributed by atoms with Gasteiger partial charge >= 0.3 is 0 Å². The minimum atomic E-state index is -0.229. The van der Waals surface area contributed by atoms with E-state index < -0.39 is 0 Å². The molecule has 44 valence electrons. The number of hydrogen-bond donors (Lipinski definition) is 2. The quantitative estimate of drug-likeness (QED) is 0.535. The van der Waals surface area contributed by atoms with E-state index in [4.69, 9.17) is 10.2 Å². The molecule has 0 saturated carbocycles. The van der Waals surface area contributed by atoms with Crippen LogP contribution in [0.25, 0.3) is 0 Å². The molecule has 0 fully saturated rings. The first-order chi connectivity index (χ1) is 3.83. The Morgan fingerprint density at radius 3 is 2.75 bits per heavy atom. The first kappa shape index (κ1) is 5.11. The molecule has 1 heterocycles. The van der Waals surface area contributed by atoms with E-state index in [2.05, 4.69) is 9.68 Å². The first-order valence-corrected chi connectivity index (χ1v) is 2.08. The average molecular weight is 115 g/mol. The van der Waals surface area contributed by atoms with Crippen molar-refractivity contribution in [3.63, 3.8) is 0 Å². The molecule has 4 heteroatoms. The van der Waals surface area contributed by atoms with E-state index in [0.717, 1.165) is 0 Å². The molecule has 2 N–H and O–H groups in total. The van der Waals surface area contributed by atoms with Crippen LogP contribution < -0.4 is 0 Å². The van der Waals surface area contributed by atoms with Gasteiger partial charge in [-0.1, -0.05) is 0 Å². The Bertz CT molecular complexity index is 172. The van der Waals surface area contributed by atoms with Gasteiger partial charge in [-0.25, -0.2) is 0 Å². The third-order valence-corrected chi connectivity index (χ3v) is 0.702. The Labute approximate surface area is 45.4 Å². The van der Waals surface area contributed by atoms with Crippen LogP contribution in [0.2, 0.25) is 0 Å². The molecule has 0 aliphatic heterocycles. The van der Waals surface area contributed by atoms with Gasteiger partial charge in [-0.2, -0.15) is 0 Å². The van der Waals surface area contributed by atoms with Crippen molar-refractivity contribution in [2.24, 2.45) is 0 Å². The highest BCUT2D eigenvalue weighted by Gasteiger charge is 1.97. The van der Waals surface area contributed by atoms with Crippen LogP contribution in [0.1, 0.15) is 5.76 Å². The van der Waals surface area contributed by atoms with Crippen LogP contribution in [0.4, 0.5) is 0 Å². The Hall–Kier alpha value is -1.03. The molecule has 8 heavy (non-hydrogen) atoms. The summed E-state index contributed by atoms with van der Waals surface area (Å²) in [6, 6.07) is 1.25. The summed E-state index contributed by atoms with van der Waals surface area (Å²) in [6.07, 6.45) is 0. The van der Waals surface area contributed by atoms with Crippen LogP contribution in [0.15, 0.2) is 10.6 Å². The van der Waals surface area contributed by atoms with Crippen molar-refractivity contribution in [3.8, 4) is 5.88 Å². The van der Waals surface area contributed by atoms with Crippen LogP contribution in [0.5, 0.6) is 5.88 Å². The molecule has 1 aromatic heterocycles. The van der Waals surface area contributed by atoms with Gasteiger partial charge in [0.2, 0.25) is 0 Å². The van der Waals surface area contributed by atoms with Crippen LogP contribution >= 0.6 is 0 Å². The van der Waals surface area contributed by atoms with Crippen molar-refractivity contribution >= 4 is 0 Å². The molecule has 0 amide bonds. The highest BCUT2D eigenvalue weighted by molar-refractivity contribution is 5.07. The number of aliphatic hydroxyl groups excluding tert-OH is 1. The third-order valence-electron chi connectivity index (χ3n) is 0.702. The van der Waals surface area contributed by atoms with Crippen molar-refractivity contribution in [1.82, 2.24) is 5.16 Å². The number of aromatic hydroxyl groups is 1. The Morgan fingerprint density at radius 1 is 1.75 bits per heavy atom. The lowest BCUT2D eigenvalue weighted by atomic mass is 10.5. The fourth-order valence-electron chi connectivity index (χ4n) is 0.377. The number of nitrogens with zero attached hydrogens (tertiary/aromatic N) is 1. The molecule has 0 bridgehead atoms. The molecule has 0 aliphatic carbocycles. The number of aromatic nitrogens is 1. The topological polar surface area (TPSA) is 66.5 Å². The van der Waals surface area contributed by atoms with Gasteiger partial charge in [0.05, 0.1) is 0 Å². The Kier molecular flexibility index (Phi) is 1.17. The van der Waals surface area contributed by atoms with Crippen LogP contribution in [-0.2, 0) is 6.61 Å². The van der Waals surface area contributed by atoms with E-state index in [0.29, 0.717) is 0 Å². The lowest BCUT2D eigenvalue weighted by Gasteiger charge is -1.76. The van der Waals surface area contributed by atoms with E-state index in [1.807, 2.05) is 0 Å². The predicted molar refractivity (Wildman–Crippen MR) is 24.1 cm³/mol. The highest BCUT2D eigenvalue weighted by atomic mass is 16.5. The average Bonchev–Trinajstić information content (AvgIpc) is 2.14. The maximum absolute atomic E-state index is 8.47. The largest absolute Gasteiger partial charge is 0.491 e. The van der Waals surface area contributed by atoms with Gasteiger partial charge in [0.25, 0.3) is 5.88 Å². The smallest absolute Gasteiger partial charge is 0.251 e. The predicted octanol–water partition coefficient (Wildman–Crippen LogP) is -0.128. The van der Waals surface area contributed by atoms with Gasteiger partial charge in [0.15, 0.2) is 5.76 Å². The highest BCUT2D eigenvalue weighted by Crippen LogP contribution is 2.07. The zero-order valence-corrected chi connectivity index (χ0v) is 4.03. The van der Waals surface area contributed by atoms with E-state index in [1.54, 1.807) is 0 Å². The number of hydrogen-bond acceptors (Lipinski definition) is 4. The second kappa shape index (κ2) is 1.83. The molecule has 0 spiro atoms. The Morgan fingerprint density at radius 2 is 2.50 bits per heavy atom. The maximum Gasteiger partial charge on any atom is 0.251 e. The molecule has 1 rings (SSSR count). The molecule has 0 saturated heterocycles. The van der Waals surface area contributed by atoms with Crippen LogP contribution in [-0.4, -0.2) is 15.4 Å². The fraction of sp³-hybridized carbons (Fsp3) is 0.250. The normalized spacial score (nSPS) is 9.62. The third kappa shape index (κ3) is 0.788. The lowest BCUT2D eigenvalue weighted by Crippen LogP contribution is -1.72. The van der Waals surface area contributed by atoms with Crippen molar-refractivity contribution in [2.45, 2.75) is 6.61 Å². The molecule has 0 unspecified atom stereocenters. The summed E-state index contributed by atoms with van der Waals surface area (Å²) in [6.45, 7) is -0.229. The summed E-state index contributed by atoms with van der Waals surface area (Å²) < 4.78 is 4.36. The molecular weight excluding hydrogens is 110 g/mol. The minimum absolute atomic E-state index is 0.200. The second-order valence-electron chi connectivity index (χ2n) is 1.31. The van der Waals surface area contributed by atoms with Gasteiger partial charge in [-0.05, 0) is 5.16 Å². The summed E-state index contributed by atoms with van der Waals surface area (Å²) in [5.41, 5.74) is 0. The van der Waals surface area contributed by atoms with Crippen molar-refractivity contribution in [1.29, 1.82) is 0 Å². The van der Waals surface area contributed by atoms with Crippen molar-refractivity contribution in [2.75, 3.05) is 0 Å². The maximum atomic E-state index is 8.47. The molecule has 1 aromatic rings.